The molecular weight excluding hydrogens is 805 g/mol. The summed E-state index contributed by atoms with van der Waals surface area (Å²) in [5.74, 6) is 0.0514. The molecule has 4 aromatic carbocycles. The van der Waals surface area contributed by atoms with Crippen LogP contribution in [0.5, 0.6) is 0 Å². The standard InChI is InChI=1S/C37H36NO.C9H17NO.Ir/c1-35(2,3)29-19-23(18-22-10-8-9-11-24(22)29)33-25-12-13-26-28-20-30-31(37(6,7)16-15-36(30,4)5)21-32(28)39-34(26)27(25)14-17-38-33;1-7(6-8(2)11)10-9(3,4)5;/h8-14,17,19-21H,15-16H2,1-7H3;6H,1-5H3,(H,10,11);/q-1;;/p-1. The molecule has 0 atom stereocenters. The smallest absolute Gasteiger partial charge is 0.151 e. The molecule has 2 aromatic heterocycles. The van der Waals surface area contributed by atoms with Crippen LogP contribution < -0.4 is 0 Å². The van der Waals surface area contributed by atoms with Crippen molar-refractivity contribution in [2.45, 2.75) is 118 Å². The number of aromatic nitrogens is 1. The Hall–Kier alpha value is -3.79. The molecule has 0 saturated carbocycles. The van der Waals surface area contributed by atoms with E-state index in [-0.39, 0.29) is 47.7 Å². The number of hydrogen-bond donors (Lipinski definition) is 0. The first kappa shape index (κ1) is 38.4. The van der Waals surface area contributed by atoms with E-state index in [2.05, 4.69) is 121 Å². The maximum Gasteiger partial charge on any atom is 0.151 e. The summed E-state index contributed by atoms with van der Waals surface area (Å²) in [6.07, 6.45) is 5.85. The van der Waals surface area contributed by atoms with Crippen molar-refractivity contribution in [3.05, 3.63) is 107 Å². The Bertz CT molecular complexity index is 2310. The van der Waals surface area contributed by atoms with Gasteiger partial charge in [-0.05, 0) is 76.8 Å². The topological polar surface area (TPSA) is 57.2 Å². The second kappa shape index (κ2) is 13.6. The first-order valence-electron chi connectivity index (χ1n) is 17.9. The zero-order valence-electron chi connectivity index (χ0n) is 32.4. The molecule has 0 amide bonds. The number of fused-ring (bicyclic) bond motifs is 7. The van der Waals surface area contributed by atoms with Gasteiger partial charge >= 0.3 is 0 Å². The summed E-state index contributed by atoms with van der Waals surface area (Å²) in [6.45, 7) is 25.7. The first-order chi connectivity index (χ1) is 23.2. The average Bonchev–Trinajstić information content (AvgIpc) is 3.39. The SMILES string of the molecule is CC(=O)/C=C(/C)[N-]C(C)(C)C.CC(C)(C)c1cc(-c2nccc3c2ccc2c4cc5c(cc4oc32)C(C)(C)CCC5(C)C)[c-]c2ccccc12.[Ir]. The maximum absolute atomic E-state index is 10.6. The minimum absolute atomic E-state index is 0. The number of hydrogen-bond acceptors (Lipinski definition) is 3. The van der Waals surface area contributed by atoms with Crippen LogP contribution in [0.3, 0.4) is 0 Å². The summed E-state index contributed by atoms with van der Waals surface area (Å²) in [5, 5.41) is 11.3. The van der Waals surface area contributed by atoms with E-state index in [1.807, 2.05) is 33.9 Å². The molecule has 1 aliphatic rings. The zero-order valence-corrected chi connectivity index (χ0v) is 34.8. The average molecular weight is 857 g/mol. The van der Waals surface area contributed by atoms with Gasteiger partial charge in [0.25, 0.3) is 0 Å². The number of furan rings is 1. The normalized spacial score (nSPS) is 15.6. The van der Waals surface area contributed by atoms with E-state index in [1.54, 1.807) is 6.08 Å². The van der Waals surface area contributed by atoms with Crippen molar-refractivity contribution in [3.63, 3.8) is 0 Å². The molecule has 0 aliphatic heterocycles. The Labute approximate surface area is 317 Å². The van der Waals surface area contributed by atoms with Crippen molar-refractivity contribution in [2.24, 2.45) is 0 Å². The predicted molar refractivity (Wildman–Crippen MR) is 212 cm³/mol. The molecule has 1 radical (unpaired) electrons. The van der Waals surface area contributed by atoms with Crippen LogP contribution in [0.4, 0.5) is 0 Å². The Kier molecular flexibility index (Phi) is 10.3. The second-order valence-electron chi connectivity index (χ2n) is 17.5. The van der Waals surface area contributed by atoms with Crippen molar-refractivity contribution < 1.29 is 29.3 Å². The summed E-state index contributed by atoms with van der Waals surface area (Å²) >= 11 is 0. The molecule has 51 heavy (non-hydrogen) atoms. The summed E-state index contributed by atoms with van der Waals surface area (Å²) in [6, 6.07) is 25.8. The number of ketones is 1. The fraction of sp³-hybridized carbons (Fsp3) is 0.391. The van der Waals surface area contributed by atoms with Crippen LogP contribution in [0.1, 0.15) is 113 Å². The molecule has 0 spiro atoms. The van der Waals surface area contributed by atoms with Crippen molar-refractivity contribution in [3.8, 4) is 11.3 Å². The Balaban J connectivity index is 0.000000367. The molecule has 1 aliphatic carbocycles. The Morgan fingerprint density at radius 3 is 2.04 bits per heavy atom. The number of pyridine rings is 1. The van der Waals surface area contributed by atoms with E-state index in [1.165, 1.54) is 52.6 Å². The number of rotatable bonds is 3. The third-order valence-corrected chi connectivity index (χ3v) is 10.1. The Morgan fingerprint density at radius 1 is 0.804 bits per heavy atom. The van der Waals surface area contributed by atoms with Crippen LogP contribution in [0.2, 0.25) is 0 Å². The molecular formula is C46H52IrN2O2-2. The first-order valence-corrected chi connectivity index (χ1v) is 17.9. The molecule has 0 bridgehead atoms. The molecule has 6 aromatic rings. The molecule has 0 saturated heterocycles. The van der Waals surface area contributed by atoms with Gasteiger partial charge in [-0.3, -0.25) is 9.78 Å². The van der Waals surface area contributed by atoms with Gasteiger partial charge in [0.2, 0.25) is 0 Å². The summed E-state index contributed by atoms with van der Waals surface area (Å²) in [5.41, 5.74) is 9.12. The van der Waals surface area contributed by atoms with Gasteiger partial charge < -0.3 is 9.73 Å². The summed E-state index contributed by atoms with van der Waals surface area (Å²) in [4.78, 5) is 15.5. The number of carbonyl (C=O) groups excluding carboxylic acids is 1. The van der Waals surface area contributed by atoms with Gasteiger partial charge in [0.15, 0.2) is 5.78 Å². The number of allylic oxidation sites excluding steroid dienone is 2. The predicted octanol–water partition coefficient (Wildman–Crippen LogP) is 13.0. The Morgan fingerprint density at radius 2 is 1.41 bits per heavy atom. The molecule has 0 N–H and O–H groups in total. The maximum atomic E-state index is 10.6. The third kappa shape index (κ3) is 7.71. The van der Waals surface area contributed by atoms with E-state index in [9.17, 15) is 4.79 Å². The van der Waals surface area contributed by atoms with Crippen molar-refractivity contribution in [1.29, 1.82) is 0 Å². The fourth-order valence-corrected chi connectivity index (χ4v) is 7.60. The number of carbonyl (C=O) groups is 1. The van der Waals surface area contributed by atoms with E-state index >= 15 is 0 Å². The second-order valence-corrected chi connectivity index (χ2v) is 17.5. The van der Waals surface area contributed by atoms with E-state index < -0.39 is 0 Å². The van der Waals surface area contributed by atoms with Crippen molar-refractivity contribution in [1.82, 2.24) is 4.98 Å². The fourth-order valence-electron chi connectivity index (χ4n) is 7.60. The van der Waals surface area contributed by atoms with E-state index in [0.717, 1.165) is 44.3 Å². The third-order valence-electron chi connectivity index (χ3n) is 10.1. The minimum Gasteiger partial charge on any atom is -0.683 e. The van der Waals surface area contributed by atoms with Crippen LogP contribution in [0.25, 0.3) is 60.1 Å². The van der Waals surface area contributed by atoms with Gasteiger partial charge in [-0.25, -0.2) is 0 Å². The molecule has 0 unspecified atom stereocenters. The van der Waals surface area contributed by atoms with Crippen LogP contribution in [-0.2, 0) is 41.1 Å². The monoisotopic (exact) mass is 857 g/mol. The zero-order chi connectivity index (χ0) is 36.4. The van der Waals surface area contributed by atoms with Gasteiger partial charge in [-0.2, -0.15) is 5.70 Å². The summed E-state index contributed by atoms with van der Waals surface area (Å²) < 4.78 is 6.69. The molecule has 2 heterocycles. The minimum atomic E-state index is -0.0873. The van der Waals surface area contributed by atoms with E-state index in [0.29, 0.717) is 0 Å². The van der Waals surface area contributed by atoms with Crippen LogP contribution >= 0.6 is 0 Å². The van der Waals surface area contributed by atoms with Crippen LogP contribution in [0.15, 0.2) is 83.1 Å². The van der Waals surface area contributed by atoms with Gasteiger partial charge in [-0.15, -0.1) is 34.7 Å². The van der Waals surface area contributed by atoms with E-state index in [4.69, 9.17) is 9.40 Å². The van der Waals surface area contributed by atoms with Gasteiger partial charge in [0.1, 0.15) is 11.2 Å². The van der Waals surface area contributed by atoms with Crippen molar-refractivity contribution in [2.75, 3.05) is 0 Å². The van der Waals surface area contributed by atoms with Crippen LogP contribution in [0, 0.1) is 6.07 Å². The van der Waals surface area contributed by atoms with Gasteiger partial charge in [0, 0.05) is 48.2 Å². The largest absolute Gasteiger partial charge is 0.683 e. The number of benzene rings is 4. The van der Waals surface area contributed by atoms with Crippen molar-refractivity contribution >= 4 is 49.3 Å². The number of nitrogens with zero attached hydrogens (tertiary/aromatic N) is 2. The molecule has 5 heteroatoms. The van der Waals surface area contributed by atoms with Crippen LogP contribution in [-0.4, -0.2) is 16.3 Å². The summed E-state index contributed by atoms with van der Waals surface area (Å²) in [7, 11) is 0. The van der Waals surface area contributed by atoms with Gasteiger partial charge in [-0.1, -0.05) is 117 Å². The molecule has 0 fully saturated rings. The molecule has 269 valence electrons. The quantitative estimate of drug-likeness (QED) is 0.132. The molecule has 7 rings (SSSR count). The molecule has 4 nitrogen and oxygen atoms in total. The van der Waals surface area contributed by atoms with Gasteiger partial charge in [0.05, 0.1) is 0 Å².